The van der Waals surface area contributed by atoms with Gasteiger partial charge >= 0.3 is 0 Å². The largest absolute Gasteiger partial charge is 0.360 e. The molecule has 0 aromatic rings. The third-order valence-corrected chi connectivity index (χ3v) is 1.80. The lowest BCUT2D eigenvalue weighted by atomic mass is 10.1. The number of ether oxygens (including phenoxy) is 1. The molecule has 0 unspecified atom stereocenters. The van der Waals surface area contributed by atoms with E-state index in [2.05, 4.69) is 4.90 Å². The van der Waals surface area contributed by atoms with E-state index in [4.69, 9.17) is 10.00 Å². The van der Waals surface area contributed by atoms with Gasteiger partial charge < -0.3 is 4.74 Å². The standard InChI is InChI=1S/C10H16N2O/c1-10(2,3)13-8-12-6-9(7-12)4-5-11/h4H,6-8H2,1-3H3. The zero-order valence-electron chi connectivity index (χ0n) is 8.50. The van der Waals surface area contributed by atoms with Crippen LogP contribution in [0.4, 0.5) is 0 Å². The van der Waals surface area contributed by atoms with Crippen molar-refractivity contribution >= 4 is 0 Å². The average molecular weight is 180 g/mol. The lowest BCUT2D eigenvalue weighted by Gasteiger charge is -2.35. The predicted molar refractivity (Wildman–Crippen MR) is 51.0 cm³/mol. The highest BCUT2D eigenvalue weighted by Crippen LogP contribution is 2.15. The highest BCUT2D eigenvalue weighted by molar-refractivity contribution is 5.21. The summed E-state index contributed by atoms with van der Waals surface area (Å²) in [6.07, 6.45) is 1.62. The van der Waals surface area contributed by atoms with Crippen molar-refractivity contribution in [3.05, 3.63) is 11.6 Å². The Morgan fingerprint density at radius 1 is 1.54 bits per heavy atom. The quantitative estimate of drug-likeness (QED) is 0.604. The van der Waals surface area contributed by atoms with Gasteiger partial charge in [0.1, 0.15) is 6.73 Å². The van der Waals surface area contributed by atoms with Gasteiger partial charge in [-0.3, -0.25) is 4.90 Å². The molecule has 0 saturated carbocycles. The third-order valence-electron chi connectivity index (χ3n) is 1.80. The molecule has 1 aliphatic heterocycles. The number of rotatable bonds is 2. The number of nitrogens with zero attached hydrogens (tertiary/aromatic N) is 2. The number of hydrogen-bond donors (Lipinski definition) is 0. The Morgan fingerprint density at radius 3 is 2.62 bits per heavy atom. The number of allylic oxidation sites excluding steroid dienone is 1. The molecule has 72 valence electrons. The SMILES string of the molecule is CC(C)(C)OCN1CC(=CC#N)C1. The van der Waals surface area contributed by atoms with Gasteiger partial charge in [-0.1, -0.05) is 0 Å². The highest BCUT2D eigenvalue weighted by Gasteiger charge is 2.21. The maximum atomic E-state index is 8.37. The Hall–Kier alpha value is -0.850. The van der Waals surface area contributed by atoms with Crippen LogP contribution < -0.4 is 0 Å². The number of hydrogen-bond acceptors (Lipinski definition) is 3. The van der Waals surface area contributed by atoms with Crippen molar-refractivity contribution < 1.29 is 4.74 Å². The van der Waals surface area contributed by atoms with Crippen LogP contribution in [0.2, 0.25) is 0 Å². The minimum atomic E-state index is -0.0747. The smallest absolute Gasteiger partial charge is 0.100 e. The summed E-state index contributed by atoms with van der Waals surface area (Å²) in [5, 5.41) is 8.37. The highest BCUT2D eigenvalue weighted by atomic mass is 16.5. The second-order valence-corrected chi connectivity index (χ2v) is 4.30. The fourth-order valence-corrected chi connectivity index (χ4v) is 1.09. The van der Waals surface area contributed by atoms with Crippen LogP contribution in [0.15, 0.2) is 11.6 Å². The summed E-state index contributed by atoms with van der Waals surface area (Å²) in [5.74, 6) is 0. The molecule has 0 radical (unpaired) electrons. The van der Waals surface area contributed by atoms with Gasteiger partial charge in [0.05, 0.1) is 11.7 Å². The third kappa shape index (κ3) is 3.58. The summed E-state index contributed by atoms with van der Waals surface area (Å²) in [4.78, 5) is 2.16. The maximum absolute atomic E-state index is 8.37. The van der Waals surface area contributed by atoms with E-state index in [9.17, 15) is 0 Å². The maximum Gasteiger partial charge on any atom is 0.100 e. The molecule has 0 spiro atoms. The van der Waals surface area contributed by atoms with Gasteiger partial charge in [0.25, 0.3) is 0 Å². The lowest BCUT2D eigenvalue weighted by molar-refractivity contribution is -0.0690. The molecule has 1 aliphatic rings. The van der Waals surface area contributed by atoms with Crippen LogP contribution in [0.1, 0.15) is 20.8 Å². The Balaban J connectivity index is 2.16. The Kier molecular flexibility index (Phi) is 3.07. The van der Waals surface area contributed by atoms with E-state index in [0.717, 1.165) is 13.1 Å². The van der Waals surface area contributed by atoms with Crippen molar-refractivity contribution in [1.29, 1.82) is 5.26 Å². The molecule has 3 heteroatoms. The molecule has 0 atom stereocenters. The first-order valence-corrected chi connectivity index (χ1v) is 4.45. The van der Waals surface area contributed by atoms with Gasteiger partial charge in [-0.15, -0.1) is 0 Å². The fourth-order valence-electron chi connectivity index (χ4n) is 1.09. The van der Waals surface area contributed by atoms with Crippen LogP contribution in [0.3, 0.4) is 0 Å². The first-order chi connectivity index (χ1) is 6.01. The summed E-state index contributed by atoms with van der Waals surface area (Å²) < 4.78 is 5.58. The molecule has 0 bridgehead atoms. The van der Waals surface area contributed by atoms with Crippen molar-refractivity contribution in [2.24, 2.45) is 0 Å². The Morgan fingerprint density at radius 2 is 2.15 bits per heavy atom. The van der Waals surface area contributed by atoms with E-state index in [1.807, 2.05) is 26.8 Å². The second kappa shape index (κ2) is 3.91. The second-order valence-electron chi connectivity index (χ2n) is 4.30. The van der Waals surface area contributed by atoms with Gasteiger partial charge in [0.15, 0.2) is 0 Å². The topological polar surface area (TPSA) is 36.3 Å². The van der Waals surface area contributed by atoms with Crippen LogP contribution in [0, 0.1) is 11.3 Å². The molecule has 3 nitrogen and oxygen atoms in total. The molecule has 1 saturated heterocycles. The van der Waals surface area contributed by atoms with Crippen molar-refractivity contribution in [1.82, 2.24) is 4.90 Å². The molecule has 0 aromatic heterocycles. The zero-order chi connectivity index (χ0) is 9.90. The summed E-state index contributed by atoms with van der Waals surface area (Å²) in [6.45, 7) is 8.54. The normalized spacial score (nSPS) is 17.8. The van der Waals surface area contributed by atoms with Gasteiger partial charge in [0.2, 0.25) is 0 Å². The molecule has 0 aromatic carbocycles. The lowest BCUT2D eigenvalue weighted by Crippen LogP contribution is -2.43. The number of likely N-dealkylation sites (tertiary alicyclic amines) is 1. The van der Waals surface area contributed by atoms with E-state index in [1.54, 1.807) is 6.08 Å². The summed E-state index contributed by atoms with van der Waals surface area (Å²) >= 11 is 0. The van der Waals surface area contributed by atoms with Crippen molar-refractivity contribution in [2.75, 3.05) is 19.8 Å². The van der Waals surface area contributed by atoms with Crippen LogP contribution in [-0.4, -0.2) is 30.3 Å². The fraction of sp³-hybridized carbons (Fsp3) is 0.700. The molecule has 0 amide bonds. The minimum absolute atomic E-state index is 0.0747. The van der Waals surface area contributed by atoms with E-state index in [0.29, 0.717) is 6.73 Å². The van der Waals surface area contributed by atoms with Crippen LogP contribution in [0.5, 0.6) is 0 Å². The Labute approximate surface area is 79.6 Å². The molecule has 0 aliphatic carbocycles. The summed E-state index contributed by atoms with van der Waals surface area (Å²) in [7, 11) is 0. The summed E-state index contributed by atoms with van der Waals surface area (Å²) in [5.41, 5.74) is 1.12. The molecule has 1 fully saturated rings. The molecular formula is C10H16N2O. The number of nitriles is 1. The van der Waals surface area contributed by atoms with E-state index >= 15 is 0 Å². The zero-order valence-corrected chi connectivity index (χ0v) is 8.50. The van der Waals surface area contributed by atoms with E-state index in [-0.39, 0.29) is 5.60 Å². The molecule has 1 rings (SSSR count). The summed E-state index contributed by atoms with van der Waals surface area (Å²) in [6, 6.07) is 2.03. The molecule has 0 N–H and O–H groups in total. The van der Waals surface area contributed by atoms with E-state index < -0.39 is 0 Å². The van der Waals surface area contributed by atoms with Crippen LogP contribution >= 0.6 is 0 Å². The predicted octanol–water partition coefficient (Wildman–Crippen LogP) is 1.52. The van der Waals surface area contributed by atoms with Gasteiger partial charge in [-0.05, 0) is 26.3 Å². The molecule has 13 heavy (non-hydrogen) atoms. The van der Waals surface area contributed by atoms with Gasteiger partial charge in [-0.2, -0.15) is 5.26 Å². The first kappa shape index (κ1) is 10.2. The van der Waals surface area contributed by atoms with Crippen molar-refractivity contribution in [2.45, 2.75) is 26.4 Å². The van der Waals surface area contributed by atoms with E-state index in [1.165, 1.54) is 5.57 Å². The Bertz CT molecular complexity index is 237. The van der Waals surface area contributed by atoms with Crippen molar-refractivity contribution in [3.63, 3.8) is 0 Å². The molecular weight excluding hydrogens is 164 g/mol. The first-order valence-electron chi connectivity index (χ1n) is 4.45. The van der Waals surface area contributed by atoms with Gasteiger partial charge in [0, 0.05) is 19.2 Å². The average Bonchev–Trinajstić information content (AvgIpc) is 1.91. The minimum Gasteiger partial charge on any atom is -0.360 e. The molecule has 1 heterocycles. The van der Waals surface area contributed by atoms with Crippen LogP contribution in [0.25, 0.3) is 0 Å². The monoisotopic (exact) mass is 180 g/mol. The van der Waals surface area contributed by atoms with Gasteiger partial charge in [-0.25, -0.2) is 0 Å². The van der Waals surface area contributed by atoms with Crippen molar-refractivity contribution in [3.8, 4) is 6.07 Å². The van der Waals surface area contributed by atoms with Crippen LogP contribution in [-0.2, 0) is 4.74 Å².